The van der Waals surface area contributed by atoms with E-state index in [1.165, 1.54) is 0 Å². The summed E-state index contributed by atoms with van der Waals surface area (Å²) >= 11 is 0. The van der Waals surface area contributed by atoms with Gasteiger partial charge in [-0.1, -0.05) is 34.6 Å². The third-order valence-corrected chi connectivity index (χ3v) is 15.4. The Bertz CT molecular complexity index is 739. The third kappa shape index (κ3) is 4.10. The van der Waals surface area contributed by atoms with Gasteiger partial charge in [0.15, 0.2) is 14.1 Å². The number of ketones is 1. The number of rotatable bonds is 5. The highest BCUT2D eigenvalue weighted by molar-refractivity contribution is 6.74. The number of ether oxygens (including phenoxy) is 2. The van der Waals surface area contributed by atoms with Gasteiger partial charge in [0.1, 0.15) is 5.78 Å². The molecule has 0 aromatic heterocycles. The molecule has 3 unspecified atom stereocenters. The monoisotopic (exact) mass is 480 g/mol. The molecule has 6 atom stereocenters. The number of Topliss-reactive ketones (excluding diaryl/α,β-unsaturated/α-hetero) is 1. The molecule has 190 valence electrons. The Kier molecular flexibility index (Phi) is 6.79. The summed E-state index contributed by atoms with van der Waals surface area (Å²) in [5, 5.41) is 10.2. The van der Waals surface area contributed by atoms with E-state index in [2.05, 4.69) is 47.7 Å². The van der Waals surface area contributed by atoms with Crippen LogP contribution in [0.25, 0.3) is 0 Å². The highest BCUT2D eigenvalue weighted by atomic mass is 28.4. The molecule has 1 saturated heterocycles. The highest BCUT2D eigenvalue weighted by Crippen LogP contribution is 2.66. The molecular weight excluding hydrogens is 432 g/mol. The van der Waals surface area contributed by atoms with Crippen molar-refractivity contribution in [2.24, 2.45) is 28.6 Å². The van der Waals surface area contributed by atoms with Gasteiger partial charge < -0.3 is 19.0 Å². The zero-order chi connectivity index (χ0) is 24.3. The molecule has 0 bridgehead atoms. The van der Waals surface area contributed by atoms with Crippen LogP contribution in [0.15, 0.2) is 0 Å². The number of carbonyl (C=O) groups excluding carboxylic acids is 1. The minimum atomic E-state index is -1.89. The van der Waals surface area contributed by atoms with E-state index in [-0.39, 0.29) is 28.6 Å². The van der Waals surface area contributed by atoms with E-state index in [1.807, 2.05) is 0 Å². The fourth-order valence-corrected chi connectivity index (χ4v) is 9.13. The largest absolute Gasteiger partial charge is 0.413 e. The van der Waals surface area contributed by atoms with E-state index in [0.29, 0.717) is 43.2 Å². The fraction of sp³-hybridized carbons (Fsp3) is 0.963. The van der Waals surface area contributed by atoms with Crippen LogP contribution in [0.1, 0.15) is 86.0 Å². The number of hydrogen-bond acceptors (Lipinski definition) is 5. The molecule has 0 amide bonds. The number of fused-ring (bicyclic) bond motifs is 2. The van der Waals surface area contributed by atoms with Crippen molar-refractivity contribution in [3.63, 3.8) is 0 Å². The zero-order valence-electron chi connectivity index (χ0n) is 22.2. The van der Waals surface area contributed by atoms with Crippen molar-refractivity contribution in [2.75, 3.05) is 19.8 Å². The van der Waals surface area contributed by atoms with Crippen LogP contribution >= 0.6 is 0 Å². The molecule has 1 spiro atoms. The van der Waals surface area contributed by atoms with Gasteiger partial charge >= 0.3 is 0 Å². The van der Waals surface area contributed by atoms with Crippen LogP contribution in [0.5, 0.6) is 0 Å². The van der Waals surface area contributed by atoms with E-state index in [4.69, 9.17) is 13.9 Å². The number of hydrogen-bond donors (Lipinski definition) is 1. The van der Waals surface area contributed by atoms with Crippen LogP contribution in [0.4, 0.5) is 0 Å². The zero-order valence-corrected chi connectivity index (χ0v) is 23.2. The molecule has 1 N–H and O–H groups in total. The van der Waals surface area contributed by atoms with Crippen molar-refractivity contribution >= 4 is 14.1 Å². The fourth-order valence-electron chi connectivity index (χ4n) is 7.74. The second-order valence-corrected chi connectivity index (χ2v) is 18.2. The lowest BCUT2D eigenvalue weighted by Gasteiger charge is -2.56. The number of aliphatic hydroxyl groups excluding tert-OH is 1. The highest BCUT2D eigenvalue weighted by Gasteiger charge is 2.66. The van der Waals surface area contributed by atoms with Gasteiger partial charge in [-0.2, -0.15) is 0 Å². The Morgan fingerprint density at radius 3 is 2.24 bits per heavy atom. The first-order chi connectivity index (χ1) is 15.3. The van der Waals surface area contributed by atoms with E-state index in [1.54, 1.807) is 0 Å². The standard InChI is InChI=1S/C27H48O5Si/c1-24(2,3)33(6,7)32-19-8-12-25(4,23(29)18-19)21-9-13-26(5)22(20(21)11-15-28)10-14-27(26)30-16-17-31-27/h19-22,28H,8-18H2,1-7H3/t19?,20-,21?,22?,25-,26+/m1/s1. The minimum Gasteiger partial charge on any atom is -0.413 e. The Morgan fingerprint density at radius 2 is 1.67 bits per heavy atom. The quantitative estimate of drug-likeness (QED) is 0.511. The molecule has 1 aliphatic heterocycles. The predicted molar refractivity (Wildman–Crippen MR) is 132 cm³/mol. The molecule has 6 heteroatoms. The van der Waals surface area contributed by atoms with Gasteiger partial charge in [-0.25, -0.2) is 0 Å². The van der Waals surface area contributed by atoms with Crippen molar-refractivity contribution in [3.05, 3.63) is 0 Å². The van der Waals surface area contributed by atoms with Crippen LogP contribution in [0, 0.1) is 28.6 Å². The molecule has 5 nitrogen and oxygen atoms in total. The van der Waals surface area contributed by atoms with Crippen molar-refractivity contribution < 1.29 is 23.8 Å². The number of carbonyl (C=O) groups is 1. The molecule has 0 aromatic rings. The summed E-state index contributed by atoms with van der Waals surface area (Å²) in [4.78, 5) is 13.8. The smallest absolute Gasteiger partial charge is 0.192 e. The molecule has 4 rings (SSSR count). The van der Waals surface area contributed by atoms with Crippen LogP contribution < -0.4 is 0 Å². The van der Waals surface area contributed by atoms with Crippen LogP contribution in [-0.4, -0.2) is 50.9 Å². The molecule has 4 fully saturated rings. The van der Waals surface area contributed by atoms with E-state index >= 15 is 0 Å². The van der Waals surface area contributed by atoms with Gasteiger partial charge in [-0.15, -0.1) is 0 Å². The van der Waals surface area contributed by atoms with Gasteiger partial charge in [-0.05, 0) is 74.4 Å². The summed E-state index contributed by atoms with van der Waals surface area (Å²) in [6.07, 6.45) is 7.31. The van der Waals surface area contributed by atoms with Crippen LogP contribution in [0.2, 0.25) is 18.1 Å². The molecule has 4 aliphatic rings. The molecule has 0 radical (unpaired) electrons. The van der Waals surface area contributed by atoms with Crippen molar-refractivity contribution in [1.29, 1.82) is 0 Å². The van der Waals surface area contributed by atoms with E-state index in [9.17, 15) is 9.90 Å². The van der Waals surface area contributed by atoms with Gasteiger partial charge in [0.25, 0.3) is 0 Å². The summed E-state index contributed by atoms with van der Waals surface area (Å²) < 4.78 is 19.2. The molecule has 0 aromatic carbocycles. The van der Waals surface area contributed by atoms with E-state index < -0.39 is 14.1 Å². The van der Waals surface area contributed by atoms with Gasteiger partial charge in [0.05, 0.1) is 19.3 Å². The Hall–Kier alpha value is -0.273. The van der Waals surface area contributed by atoms with E-state index in [0.717, 1.165) is 44.9 Å². The van der Waals surface area contributed by atoms with Gasteiger partial charge in [-0.3, -0.25) is 4.79 Å². The van der Waals surface area contributed by atoms with Crippen molar-refractivity contribution in [1.82, 2.24) is 0 Å². The SMILES string of the molecule is CC(C)(C)[Si](C)(C)OC1CC[C@](C)(C2CC[C@@]3(C)C(CCC34OCCO4)[C@@H]2CCO)C(=O)C1. The summed E-state index contributed by atoms with van der Waals surface area (Å²) in [5.74, 6) is 1.03. The van der Waals surface area contributed by atoms with Crippen molar-refractivity contribution in [3.8, 4) is 0 Å². The van der Waals surface area contributed by atoms with Crippen LogP contribution in [-0.2, 0) is 18.7 Å². The first-order valence-electron chi connectivity index (χ1n) is 13.4. The minimum absolute atomic E-state index is 0.0259. The molecule has 3 saturated carbocycles. The summed E-state index contributed by atoms with van der Waals surface area (Å²) in [6, 6.07) is 0. The summed E-state index contributed by atoms with van der Waals surface area (Å²) in [5.41, 5.74) is -0.344. The van der Waals surface area contributed by atoms with Crippen LogP contribution in [0.3, 0.4) is 0 Å². The second-order valence-electron chi connectivity index (χ2n) is 13.4. The molecular formula is C27H48O5Si. The first kappa shape index (κ1) is 25.8. The maximum absolute atomic E-state index is 13.8. The second kappa shape index (κ2) is 8.69. The summed E-state index contributed by atoms with van der Waals surface area (Å²) in [7, 11) is -1.89. The van der Waals surface area contributed by atoms with Crippen molar-refractivity contribution in [2.45, 2.75) is 116 Å². The molecule has 1 heterocycles. The van der Waals surface area contributed by atoms with Gasteiger partial charge in [0.2, 0.25) is 0 Å². The number of aliphatic hydroxyl groups is 1. The molecule has 33 heavy (non-hydrogen) atoms. The lowest BCUT2D eigenvalue weighted by molar-refractivity contribution is -0.242. The first-order valence-corrected chi connectivity index (χ1v) is 16.3. The third-order valence-electron chi connectivity index (χ3n) is 10.8. The lowest BCUT2D eigenvalue weighted by Crippen LogP contribution is -2.56. The lowest BCUT2D eigenvalue weighted by atomic mass is 9.50. The van der Waals surface area contributed by atoms with Gasteiger partial charge in [0, 0.05) is 30.3 Å². The summed E-state index contributed by atoms with van der Waals surface area (Å²) in [6.45, 7) is 17.5. The predicted octanol–water partition coefficient (Wildman–Crippen LogP) is 5.70. The topological polar surface area (TPSA) is 65.0 Å². The Morgan fingerprint density at radius 1 is 1.03 bits per heavy atom. The average molecular weight is 481 g/mol. The normalized spacial score (nSPS) is 41.5. The maximum atomic E-state index is 13.8. The Labute approximate surface area is 202 Å². The average Bonchev–Trinajstić information content (AvgIpc) is 3.31. The maximum Gasteiger partial charge on any atom is 0.192 e. The Balaban J connectivity index is 1.52. The molecule has 3 aliphatic carbocycles.